The zero-order chi connectivity index (χ0) is 5.82. The molecule has 0 radical (unpaired) electrons. The number of carbonyl (C=O) groups excluding carboxylic acids is 1. The summed E-state index contributed by atoms with van der Waals surface area (Å²) in [5.41, 5.74) is 0. The Kier molecular flexibility index (Phi) is 1.93. The van der Waals surface area contributed by atoms with Gasteiger partial charge in [-0.15, -0.1) is 0 Å². The highest BCUT2D eigenvalue weighted by molar-refractivity contribution is 5.55. The molecular formula is C3H4O5. The summed E-state index contributed by atoms with van der Waals surface area (Å²) in [5.74, 6) is 0. The molecule has 0 N–H and O–H groups in total. The van der Waals surface area contributed by atoms with Gasteiger partial charge in [-0.05, 0) is 10.1 Å². The normalized spacial score (nSPS) is 29.8. The first-order valence-corrected chi connectivity index (χ1v) is 2.00. The lowest BCUT2D eigenvalue weighted by molar-refractivity contribution is -0.670. The van der Waals surface area contributed by atoms with Crippen molar-refractivity contribution in [2.45, 2.75) is 6.10 Å². The van der Waals surface area contributed by atoms with Crippen LogP contribution in [0.5, 0.6) is 0 Å². The first-order chi connectivity index (χ1) is 3.93. The third kappa shape index (κ3) is 1.24. The van der Waals surface area contributed by atoms with Gasteiger partial charge in [-0.2, -0.15) is 4.89 Å². The van der Waals surface area contributed by atoms with E-state index in [0.717, 1.165) is 0 Å². The van der Waals surface area contributed by atoms with Crippen molar-refractivity contribution in [3.63, 3.8) is 0 Å². The van der Waals surface area contributed by atoms with E-state index >= 15 is 0 Å². The SMILES string of the molecule is O=CC1COOOO1. The molecule has 1 fully saturated rings. The fourth-order valence-electron chi connectivity index (χ4n) is 0.271. The zero-order valence-corrected chi connectivity index (χ0v) is 3.90. The van der Waals surface area contributed by atoms with Gasteiger partial charge in [0.1, 0.15) is 6.61 Å². The largest absolute Gasteiger partial charge is 0.300 e. The number of rotatable bonds is 1. The minimum Gasteiger partial charge on any atom is -0.300 e. The molecule has 1 aliphatic heterocycles. The van der Waals surface area contributed by atoms with Crippen molar-refractivity contribution in [1.29, 1.82) is 0 Å². The van der Waals surface area contributed by atoms with Crippen LogP contribution in [0, 0.1) is 0 Å². The first kappa shape index (κ1) is 5.64. The van der Waals surface area contributed by atoms with Gasteiger partial charge in [0, 0.05) is 0 Å². The quantitative estimate of drug-likeness (QED) is 0.341. The second kappa shape index (κ2) is 2.73. The molecule has 1 aliphatic rings. The lowest BCUT2D eigenvalue weighted by Crippen LogP contribution is -2.26. The predicted molar refractivity (Wildman–Crippen MR) is 19.1 cm³/mol. The average molecular weight is 120 g/mol. The third-order valence-corrected chi connectivity index (χ3v) is 0.623. The molecule has 8 heavy (non-hydrogen) atoms. The Labute approximate surface area is 44.9 Å². The monoisotopic (exact) mass is 120 g/mol. The van der Waals surface area contributed by atoms with Gasteiger partial charge in [-0.1, -0.05) is 0 Å². The summed E-state index contributed by atoms with van der Waals surface area (Å²) < 4.78 is 0. The number of hydrogen-bond donors (Lipinski definition) is 0. The number of hydrogen-bond acceptors (Lipinski definition) is 5. The average Bonchev–Trinajstić information content (AvgIpc) is 1.90. The van der Waals surface area contributed by atoms with E-state index in [2.05, 4.69) is 19.9 Å². The van der Waals surface area contributed by atoms with Crippen LogP contribution in [0.4, 0.5) is 0 Å². The van der Waals surface area contributed by atoms with Crippen molar-refractivity contribution in [1.82, 2.24) is 0 Å². The maximum Gasteiger partial charge on any atom is 0.178 e. The molecule has 5 heteroatoms. The molecule has 0 saturated carbocycles. The smallest absolute Gasteiger partial charge is 0.178 e. The summed E-state index contributed by atoms with van der Waals surface area (Å²) in [6.07, 6.45) is -0.105. The predicted octanol–water partition coefficient (Wildman–Crippen LogP) is -0.621. The van der Waals surface area contributed by atoms with Gasteiger partial charge in [0.05, 0.1) is 0 Å². The van der Waals surface area contributed by atoms with Crippen LogP contribution in [0.3, 0.4) is 0 Å². The van der Waals surface area contributed by atoms with Crippen molar-refractivity contribution in [3.05, 3.63) is 0 Å². The maximum atomic E-state index is 9.82. The van der Waals surface area contributed by atoms with Crippen LogP contribution in [0.1, 0.15) is 0 Å². The van der Waals surface area contributed by atoms with Crippen LogP contribution in [0.25, 0.3) is 0 Å². The minimum atomic E-state index is -0.663. The van der Waals surface area contributed by atoms with Crippen molar-refractivity contribution in [3.8, 4) is 0 Å². The van der Waals surface area contributed by atoms with E-state index in [-0.39, 0.29) is 6.61 Å². The zero-order valence-electron chi connectivity index (χ0n) is 3.90. The Hall–Kier alpha value is -0.490. The summed E-state index contributed by atoms with van der Waals surface area (Å²) in [5, 5.41) is 7.64. The van der Waals surface area contributed by atoms with Crippen LogP contribution >= 0.6 is 0 Å². The van der Waals surface area contributed by atoms with Crippen molar-refractivity contribution < 1.29 is 24.6 Å². The van der Waals surface area contributed by atoms with Gasteiger partial charge in [-0.3, -0.25) is 0 Å². The molecular weight excluding hydrogens is 116 g/mol. The first-order valence-electron chi connectivity index (χ1n) is 2.00. The van der Waals surface area contributed by atoms with E-state index in [4.69, 9.17) is 0 Å². The lowest BCUT2D eigenvalue weighted by atomic mass is 10.4. The molecule has 1 heterocycles. The second-order valence-electron chi connectivity index (χ2n) is 1.19. The fourth-order valence-corrected chi connectivity index (χ4v) is 0.271. The molecule has 1 unspecified atom stereocenters. The maximum absolute atomic E-state index is 9.82. The van der Waals surface area contributed by atoms with Crippen molar-refractivity contribution in [2.75, 3.05) is 6.61 Å². The summed E-state index contributed by atoms with van der Waals surface area (Å²) in [6.45, 7) is 0.0729. The molecule has 46 valence electrons. The highest BCUT2D eigenvalue weighted by atomic mass is 17.7. The summed E-state index contributed by atoms with van der Waals surface area (Å²) in [4.78, 5) is 18.2. The Morgan fingerprint density at radius 2 is 2.38 bits per heavy atom. The van der Waals surface area contributed by atoms with Crippen molar-refractivity contribution in [2.24, 2.45) is 0 Å². The summed E-state index contributed by atoms with van der Waals surface area (Å²) >= 11 is 0. The van der Waals surface area contributed by atoms with E-state index in [1.54, 1.807) is 0 Å². The van der Waals surface area contributed by atoms with Crippen molar-refractivity contribution >= 4 is 6.29 Å². The Morgan fingerprint density at radius 1 is 1.50 bits per heavy atom. The van der Waals surface area contributed by atoms with Crippen LogP contribution in [-0.4, -0.2) is 19.0 Å². The van der Waals surface area contributed by atoms with Gasteiger partial charge >= 0.3 is 0 Å². The standard InChI is InChI=1S/C3H4O5/c4-1-3-2-5-7-8-6-3/h1,3H,2H2. The fraction of sp³-hybridized carbons (Fsp3) is 0.667. The molecule has 1 rings (SSSR count). The molecule has 0 aromatic carbocycles. The molecule has 0 spiro atoms. The van der Waals surface area contributed by atoms with Crippen LogP contribution in [-0.2, 0) is 24.6 Å². The minimum absolute atomic E-state index is 0.0729. The highest BCUT2D eigenvalue weighted by Gasteiger charge is 2.15. The molecule has 5 nitrogen and oxygen atoms in total. The molecule has 0 aromatic heterocycles. The van der Waals surface area contributed by atoms with Crippen LogP contribution in [0.15, 0.2) is 0 Å². The molecule has 1 saturated heterocycles. The summed E-state index contributed by atoms with van der Waals surface area (Å²) in [7, 11) is 0. The van der Waals surface area contributed by atoms with Gasteiger partial charge in [-0.25, -0.2) is 4.89 Å². The molecule has 0 amide bonds. The molecule has 0 aromatic rings. The Bertz CT molecular complexity index is 75.7. The van der Waals surface area contributed by atoms with Gasteiger partial charge in [0.15, 0.2) is 12.4 Å². The summed E-state index contributed by atoms with van der Waals surface area (Å²) in [6, 6.07) is 0. The van der Waals surface area contributed by atoms with E-state index in [9.17, 15) is 4.79 Å². The lowest BCUT2D eigenvalue weighted by Gasteiger charge is -2.12. The number of carbonyl (C=O) groups is 1. The molecule has 0 aliphatic carbocycles. The Balaban J connectivity index is 2.22. The van der Waals surface area contributed by atoms with Gasteiger partial charge in [0.2, 0.25) is 0 Å². The third-order valence-electron chi connectivity index (χ3n) is 0.623. The molecule has 0 bridgehead atoms. The van der Waals surface area contributed by atoms with Gasteiger partial charge in [0.25, 0.3) is 0 Å². The van der Waals surface area contributed by atoms with Gasteiger partial charge < -0.3 is 4.79 Å². The number of aldehydes is 1. The molecule has 1 atom stereocenters. The highest BCUT2D eigenvalue weighted by Crippen LogP contribution is 1.98. The van der Waals surface area contributed by atoms with E-state index in [1.807, 2.05) is 0 Å². The van der Waals surface area contributed by atoms with Crippen LogP contribution in [0.2, 0.25) is 0 Å². The Morgan fingerprint density at radius 3 is 2.75 bits per heavy atom. The van der Waals surface area contributed by atoms with Crippen LogP contribution < -0.4 is 0 Å². The van der Waals surface area contributed by atoms with E-state index in [0.29, 0.717) is 6.29 Å². The second-order valence-corrected chi connectivity index (χ2v) is 1.19. The topological polar surface area (TPSA) is 54.0 Å². The van der Waals surface area contributed by atoms with E-state index < -0.39 is 6.10 Å². The van der Waals surface area contributed by atoms with E-state index in [1.165, 1.54) is 0 Å².